The van der Waals surface area contributed by atoms with Gasteiger partial charge in [0.15, 0.2) is 11.9 Å². The van der Waals surface area contributed by atoms with E-state index in [0.29, 0.717) is 22.4 Å². The molecule has 0 saturated heterocycles. The Kier molecular flexibility index (Phi) is 7.11. The average Bonchev–Trinajstić information content (AvgIpc) is 2.81. The minimum atomic E-state index is -1.08. The van der Waals surface area contributed by atoms with Crippen LogP contribution in [0.1, 0.15) is 45.2 Å². The van der Waals surface area contributed by atoms with E-state index >= 15 is 0 Å². The number of carbonyl (C=O) groups excluding carboxylic acids is 3. The quantitative estimate of drug-likeness (QED) is 0.379. The van der Waals surface area contributed by atoms with Crippen molar-refractivity contribution in [1.29, 1.82) is 0 Å². The van der Waals surface area contributed by atoms with Gasteiger partial charge in [-0.25, -0.2) is 0 Å². The van der Waals surface area contributed by atoms with Gasteiger partial charge < -0.3 is 9.47 Å². The lowest BCUT2D eigenvalue weighted by atomic mass is 9.99. The summed E-state index contributed by atoms with van der Waals surface area (Å²) in [4.78, 5) is 37.7. The zero-order valence-corrected chi connectivity index (χ0v) is 16.6. The molecule has 0 aromatic heterocycles. The molecule has 5 heteroatoms. The molecule has 1 atom stereocenters. The van der Waals surface area contributed by atoms with Crippen molar-refractivity contribution in [2.24, 2.45) is 0 Å². The number of benzene rings is 3. The summed E-state index contributed by atoms with van der Waals surface area (Å²) in [6.07, 6.45) is -1.17. The number of esters is 1. The van der Waals surface area contributed by atoms with E-state index < -0.39 is 12.1 Å². The van der Waals surface area contributed by atoms with Crippen molar-refractivity contribution in [3.63, 3.8) is 0 Å². The van der Waals surface area contributed by atoms with Crippen LogP contribution in [-0.4, -0.2) is 24.6 Å². The summed E-state index contributed by atoms with van der Waals surface area (Å²) >= 11 is 0. The number of methoxy groups -OCH3 is 1. The molecule has 0 N–H and O–H groups in total. The first-order valence-corrected chi connectivity index (χ1v) is 9.59. The van der Waals surface area contributed by atoms with Crippen LogP contribution in [0.5, 0.6) is 5.75 Å². The van der Waals surface area contributed by atoms with E-state index in [9.17, 15) is 14.4 Å². The Hall–Kier alpha value is -3.73. The van der Waals surface area contributed by atoms with Gasteiger partial charge in [0.25, 0.3) is 0 Å². The Balaban J connectivity index is 1.71. The predicted octanol–water partition coefficient (Wildman–Crippen LogP) is 4.83. The third kappa shape index (κ3) is 5.41. The zero-order valence-electron chi connectivity index (χ0n) is 16.6. The normalized spacial score (nSPS) is 11.4. The number of ether oxygens (including phenoxy) is 2. The van der Waals surface area contributed by atoms with Crippen molar-refractivity contribution in [3.8, 4) is 5.75 Å². The monoisotopic (exact) mass is 402 g/mol. The molecule has 152 valence electrons. The van der Waals surface area contributed by atoms with Crippen LogP contribution in [0.3, 0.4) is 0 Å². The third-order valence-electron chi connectivity index (χ3n) is 4.62. The summed E-state index contributed by atoms with van der Waals surface area (Å²) in [6.45, 7) is 0. The van der Waals surface area contributed by atoms with Crippen LogP contribution in [0.4, 0.5) is 0 Å². The Labute approximate surface area is 175 Å². The first-order chi connectivity index (χ1) is 14.6. The van der Waals surface area contributed by atoms with E-state index in [1.165, 1.54) is 0 Å². The fraction of sp³-hybridized carbons (Fsp3) is 0.160. The SMILES string of the molecule is COc1ccc(C(=O)[C@H](OC(=O)CCC(=O)c2ccccc2)c2ccccc2)cc1. The number of Topliss-reactive ketones (excluding diaryl/α,β-unsaturated/α-hetero) is 2. The van der Waals surface area contributed by atoms with Gasteiger partial charge in [-0.2, -0.15) is 0 Å². The highest BCUT2D eigenvalue weighted by Gasteiger charge is 2.26. The molecule has 0 heterocycles. The number of ketones is 2. The minimum absolute atomic E-state index is 0.0150. The second kappa shape index (κ2) is 10.2. The van der Waals surface area contributed by atoms with Crippen molar-refractivity contribution < 1.29 is 23.9 Å². The molecular weight excluding hydrogens is 380 g/mol. The topological polar surface area (TPSA) is 69.7 Å². The van der Waals surface area contributed by atoms with E-state index in [-0.39, 0.29) is 24.4 Å². The van der Waals surface area contributed by atoms with Crippen LogP contribution >= 0.6 is 0 Å². The Morgan fingerprint density at radius 3 is 1.93 bits per heavy atom. The fourth-order valence-electron chi connectivity index (χ4n) is 2.98. The first kappa shape index (κ1) is 21.0. The van der Waals surface area contributed by atoms with Crippen LogP contribution < -0.4 is 4.74 Å². The molecule has 0 bridgehead atoms. The number of hydrogen-bond donors (Lipinski definition) is 0. The largest absolute Gasteiger partial charge is 0.497 e. The number of carbonyl (C=O) groups is 3. The maximum atomic E-state index is 13.1. The van der Waals surface area contributed by atoms with E-state index in [0.717, 1.165) is 0 Å². The first-order valence-electron chi connectivity index (χ1n) is 9.59. The van der Waals surface area contributed by atoms with Crippen molar-refractivity contribution in [2.45, 2.75) is 18.9 Å². The lowest BCUT2D eigenvalue weighted by molar-refractivity contribution is -0.147. The Morgan fingerprint density at radius 1 is 0.733 bits per heavy atom. The average molecular weight is 402 g/mol. The van der Waals surface area contributed by atoms with Gasteiger partial charge >= 0.3 is 5.97 Å². The van der Waals surface area contributed by atoms with Crippen LogP contribution in [0.2, 0.25) is 0 Å². The molecule has 5 nitrogen and oxygen atoms in total. The van der Waals surface area contributed by atoms with Crippen molar-refractivity contribution in [2.75, 3.05) is 7.11 Å². The van der Waals surface area contributed by atoms with Crippen LogP contribution in [0, 0.1) is 0 Å². The lowest BCUT2D eigenvalue weighted by Gasteiger charge is -2.17. The lowest BCUT2D eigenvalue weighted by Crippen LogP contribution is -2.20. The summed E-state index contributed by atoms with van der Waals surface area (Å²) in [5, 5.41) is 0. The van der Waals surface area contributed by atoms with Gasteiger partial charge in [-0.05, 0) is 24.3 Å². The van der Waals surface area contributed by atoms with Gasteiger partial charge in [-0.15, -0.1) is 0 Å². The van der Waals surface area contributed by atoms with Gasteiger partial charge in [-0.1, -0.05) is 60.7 Å². The fourth-order valence-corrected chi connectivity index (χ4v) is 2.98. The standard InChI is InChI=1S/C25H22O5/c1-29-21-14-12-19(13-15-21)24(28)25(20-10-6-3-7-11-20)30-23(27)17-16-22(26)18-8-4-2-5-9-18/h2-15,25H,16-17H2,1H3/t25-/m1/s1. The summed E-state index contributed by atoms with van der Waals surface area (Å²) in [7, 11) is 1.54. The molecule has 0 saturated carbocycles. The zero-order chi connectivity index (χ0) is 21.3. The highest BCUT2D eigenvalue weighted by Crippen LogP contribution is 2.24. The van der Waals surface area contributed by atoms with Crippen molar-refractivity contribution in [3.05, 3.63) is 102 Å². The van der Waals surface area contributed by atoms with E-state index in [1.807, 2.05) is 12.1 Å². The maximum Gasteiger partial charge on any atom is 0.307 e. The number of hydrogen-bond acceptors (Lipinski definition) is 5. The van der Waals surface area contributed by atoms with Crippen LogP contribution in [0.25, 0.3) is 0 Å². The molecule has 0 aliphatic carbocycles. The third-order valence-corrected chi connectivity index (χ3v) is 4.62. The Morgan fingerprint density at radius 2 is 1.33 bits per heavy atom. The second-order valence-corrected chi connectivity index (χ2v) is 6.66. The highest BCUT2D eigenvalue weighted by molar-refractivity contribution is 6.01. The molecule has 3 aromatic rings. The van der Waals surface area contributed by atoms with Gasteiger partial charge in [0.2, 0.25) is 5.78 Å². The second-order valence-electron chi connectivity index (χ2n) is 6.66. The van der Waals surface area contributed by atoms with E-state index in [2.05, 4.69) is 0 Å². The molecule has 3 rings (SSSR count). The molecule has 3 aromatic carbocycles. The van der Waals surface area contributed by atoms with Gasteiger partial charge in [0.1, 0.15) is 5.75 Å². The van der Waals surface area contributed by atoms with Crippen molar-refractivity contribution >= 4 is 17.5 Å². The molecule has 30 heavy (non-hydrogen) atoms. The Bertz CT molecular complexity index is 995. The molecule has 0 aliphatic rings. The molecule has 0 fully saturated rings. The maximum absolute atomic E-state index is 13.1. The summed E-state index contributed by atoms with van der Waals surface area (Å²) in [5.74, 6) is -0.467. The number of rotatable bonds is 9. The molecule has 0 radical (unpaired) electrons. The molecule has 0 spiro atoms. The predicted molar refractivity (Wildman–Crippen MR) is 113 cm³/mol. The molecule has 0 amide bonds. The van der Waals surface area contributed by atoms with E-state index in [4.69, 9.17) is 9.47 Å². The summed E-state index contributed by atoms with van der Waals surface area (Å²) in [5.41, 5.74) is 1.51. The van der Waals surface area contributed by atoms with E-state index in [1.54, 1.807) is 79.9 Å². The van der Waals surface area contributed by atoms with Crippen LogP contribution in [0.15, 0.2) is 84.9 Å². The summed E-state index contributed by atoms with van der Waals surface area (Å²) in [6, 6.07) is 24.2. The molecule has 0 unspecified atom stereocenters. The molecular formula is C25H22O5. The summed E-state index contributed by atoms with van der Waals surface area (Å²) < 4.78 is 10.6. The molecule has 0 aliphatic heterocycles. The minimum Gasteiger partial charge on any atom is -0.497 e. The van der Waals surface area contributed by atoms with Gasteiger partial charge in [-0.3, -0.25) is 14.4 Å². The van der Waals surface area contributed by atoms with Gasteiger partial charge in [0, 0.05) is 23.1 Å². The van der Waals surface area contributed by atoms with Crippen LogP contribution in [-0.2, 0) is 9.53 Å². The highest BCUT2D eigenvalue weighted by atomic mass is 16.5. The van der Waals surface area contributed by atoms with Gasteiger partial charge in [0.05, 0.1) is 13.5 Å². The van der Waals surface area contributed by atoms with Crippen molar-refractivity contribution in [1.82, 2.24) is 0 Å². The smallest absolute Gasteiger partial charge is 0.307 e.